The van der Waals surface area contributed by atoms with Gasteiger partial charge in [0.1, 0.15) is 0 Å². The number of amides is 1. The van der Waals surface area contributed by atoms with Crippen LogP contribution in [0.3, 0.4) is 0 Å². The number of nitrogens with zero attached hydrogens (tertiary/aromatic N) is 2. The molecule has 1 aliphatic rings. The van der Waals surface area contributed by atoms with Crippen molar-refractivity contribution in [2.45, 2.75) is 0 Å². The first-order valence-electron chi connectivity index (χ1n) is 8.43. The van der Waals surface area contributed by atoms with Crippen LogP contribution in [0.2, 0.25) is 0 Å². The Labute approximate surface area is 175 Å². The number of halogens is 1. The Hall–Kier alpha value is -2.56. The van der Waals surface area contributed by atoms with Gasteiger partial charge >= 0.3 is 0 Å². The topological polar surface area (TPSA) is 96.7 Å². The number of nitro benzene ring substituents is 1. The lowest BCUT2D eigenvalue weighted by molar-refractivity contribution is -0.384. The molecule has 2 aromatic carbocycles. The van der Waals surface area contributed by atoms with E-state index in [1.54, 1.807) is 12.1 Å². The van der Waals surface area contributed by atoms with Crippen molar-refractivity contribution in [2.75, 3.05) is 36.5 Å². The Balaban J connectivity index is 1.81. The zero-order chi connectivity index (χ0) is 20.1. The molecule has 1 saturated heterocycles. The fraction of sp³-hybridized carbons (Fsp3) is 0.222. The minimum atomic E-state index is -0.530. The Morgan fingerprint density at radius 3 is 2.64 bits per heavy atom. The van der Waals surface area contributed by atoms with E-state index in [4.69, 9.17) is 17.0 Å². The van der Waals surface area contributed by atoms with Gasteiger partial charge in [-0.05, 0) is 36.5 Å². The highest BCUT2D eigenvalue weighted by Gasteiger charge is 2.22. The summed E-state index contributed by atoms with van der Waals surface area (Å²) in [4.78, 5) is 25.4. The van der Waals surface area contributed by atoms with Gasteiger partial charge in [-0.25, -0.2) is 0 Å². The molecule has 0 aromatic heterocycles. The van der Waals surface area contributed by atoms with Gasteiger partial charge in [0.2, 0.25) is 0 Å². The molecule has 2 N–H and O–H groups in total. The third kappa shape index (κ3) is 5.03. The molecule has 3 rings (SSSR count). The third-order valence-corrected chi connectivity index (χ3v) is 4.79. The Bertz CT molecular complexity index is 918. The molecule has 1 amide bonds. The number of hydrogen-bond donors (Lipinski definition) is 2. The molecule has 0 radical (unpaired) electrons. The molecule has 0 aliphatic carbocycles. The fourth-order valence-electron chi connectivity index (χ4n) is 2.80. The average molecular weight is 465 g/mol. The van der Waals surface area contributed by atoms with Gasteiger partial charge in [0.05, 0.1) is 29.4 Å². The fourth-order valence-corrected chi connectivity index (χ4v) is 3.41. The molecular formula is C18H17BrN4O4S. The van der Waals surface area contributed by atoms with Crippen molar-refractivity contribution in [1.82, 2.24) is 5.32 Å². The number of anilines is 2. The molecule has 10 heteroatoms. The number of hydrogen-bond acceptors (Lipinski definition) is 6. The third-order valence-electron chi connectivity index (χ3n) is 4.10. The van der Waals surface area contributed by atoms with Crippen LogP contribution >= 0.6 is 28.1 Å². The second-order valence-corrected chi connectivity index (χ2v) is 7.30. The summed E-state index contributed by atoms with van der Waals surface area (Å²) < 4.78 is 6.20. The number of rotatable bonds is 4. The van der Waals surface area contributed by atoms with Crippen LogP contribution in [0.15, 0.2) is 46.9 Å². The SMILES string of the molecule is O=C(NC(=S)Nc1cccc(Br)c1)c1cc([N+](=O)[O-])ccc1N1CCOCC1. The number of non-ortho nitro benzene ring substituents is 1. The molecule has 8 nitrogen and oxygen atoms in total. The quantitative estimate of drug-likeness (QED) is 0.406. The van der Waals surface area contributed by atoms with E-state index in [0.717, 1.165) is 4.47 Å². The largest absolute Gasteiger partial charge is 0.378 e. The zero-order valence-electron chi connectivity index (χ0n) is 14.7. The molecule has 146 valence electrons. The number of ether oxygens (including phenoxy) is 1. The van der Waals surface area contributed by atoms with E-state index < -0.39 is 10.8 Å². The smallest absolute Gasteiger partial charge is 0.270 e. The van der Waals surface area contributed by atoms with E-state index in [-0.39, 0.29) is 16.4 Å². The van der Waals surface area contributed by atoms with Crippen LogP contribution in [0.4, 0.5) is 17.1 Å². The van der Waals surface area contributed by atoms with Gasteiger partial charge in [-0.15, -0.1) is 0 Å². The molecule has 1 aliphatic heterocycles. The number of morpholine rings is 1. The van der Waals surface area contributed by atoms with E-state index >= 15 is 0 Å². The maximum Gasteiger partial charge on any atom is 0.270 e. The normalized spacial score (nSPS) is 13.7. The van der Waals surface area contributed by atoms with E-state index in [0.29, 0.717) is 37.7 Å². The van der Waals surface area contributed by atoms with Crippen LogP contribution in [0, 0.1) is 10.1 Å². The minimum absolute atomic E-state index is 0.0996. The molecule has 28 heavy (non-hydrogen) atoms. The highest BCUT2D eigenvalue weighted by molar-refractivity contribution is 9.10. The van der Waals surface area contributed by atoms with Crippen molar-refractivity contribution in [3.05, 3.63) is 62.6 Å². The van der Waals surface area contributed by atoms with Gasteiger partial charge in [-0.3, -0.25) is 20.2 Å². The number of thiocarbonyl (C=S) groups is 1. The lowest BCUT2D eigenvalue weighted by Gasteiger charge is -2.30. The first kappa shape index (κ1) is 20.2. The zero-order valence-corrected chi connectivity index (χ0v) is 17.1. The second-order valence-electron chi connectivity index (χ2n) is 5.98. The molecule has 0 spiro atoms. The van der Waals surface area contributed by atoms with Gasteiger partial charge in [0.15, 0.2) is 5.11 Å². The van der Waals surface area contributed by atoms with Gasteiger partial charge in [-0.2, -0.15) is 0 Å². The number of carbonyl (C=O) groups excluding carboxylic acids is 1. The predicted octanol–water partition coefficient (Wildman–Crippen LogP) is 3.32. The van der Waals surface area contributed by atoms with Crippen LogP contribution in [-0.4, -0.2) is 42.2 Å². The number of nitrogens with one attached hydrogen (secondary N) is 2. The molecule has 0 atom stereocenters. The number of benzene rings is 2. The van der Waals surface area contributed by atoms with Crippen molar-refractivity contribution < 1.29 is 14.5 Å². The Kier molecular flexibility index (Phi) is 6.55. The molecule has 0 bridgehead atoms. The highest BCUT2D eigenvalue weighted by Crippen LogP contribution is 2.26. The standard InChI is InChI=1S/C18H17BrN4O4S/c19-12-2-1-3-13(10-12)20-18(28)21-17(24)15-11-14(23(25)26)4-5-16(15)22-6-8-27-9-7-22/h1-5,10-11H,6-9H2,(H2,20,21,24,28). The van der Waals surface area contributed by atoms with E-state index in [1.165, 1.54) is 12.1 Å². The van der Waals surface area contributed by atoms with Crippen molar-refractivity contribution in [1.29, 1.82) is 0 Å². The first-order valence-corrected chi connectivity index (χ1v) is 9.63. The second kappa shape index (κ2) is 9.09. The predicted molar refractivity (Wildman–Crippen MR) is 114 cm³/mol. The molecular weight excluding hydrogens is 448 g/mol. The summed E-state index contributed by atoms with van der Waals surface area (Å²) in [5, 5.41) is 16.8. The summed E-state index contributed by atoms with van der Waals surface area (Å²) in [5.74, 6) is -0.516. The molecule has 0 unspecified atom stereocenters. The van der Waals surface area contributed by atoms with Crippen LogP contribution in [0.1, 0.15) is 10.4 Å². The maximum atomic E-state index is 12.8. The van der Waals surface area contributed by atoms with Gasteiger partial charge in [0, 0.05) is 35.4 Å². The van der Waals surface area contributed by atoms with E-state index in [9.17, 15) is 14.9 Å². The molecule has 1 heterocycles. The summed E-state index contributed by atoms with van der Waals surface area (Å²) >= 11 is 8.58. The summed E-state index contributed by atoms with van der Waals surface area (Å²) in [7, 11) is 0. The molecule has 0 saturated carbocycles. The van der Waals surface area contributed by atoms with Crippen LogP contribution in [0.25, 0.3) is 0 Å². The van der Waals surface area contributed by atoms with E-state index in [2.05, 4.69) is 26.6 Å². The van der Waals surface area contributed by atoms with E-state index in [1.807, 2.05) is 23.1 Å². The monoisotopic (exact) mass is 464 g/mol. The number of carbonyl (C=O) groups is 1. The lowest BCUT2D eigenvalue weighted by atomic mass is 10.1. The highest BCUT2D eigenvalue weighted by atomic mass is 79.9. The first-order chi connectivity index (χ1) is 13.4. The van der Waals surface area contributed by atoms with Crippen molar-refractivity contribution in [2.24, 2.45) is 0 Å². The summed E-state index contributed by atoms with van der Waals surface area (Å²) in [6, 6.07) is 11.5. The minimum Gasteiger partial charge on any atom is -0.378 e. The van der Waals surface area contributed by atoms with Gasteiger partial charge in [-0.1, -0.05) is 22.0 Å². The summed E-state index contributed by atoms with van der Waals surface area (Å²) in [5.41, 5.74) is 1.34. The van der Waals surface area contributed by atoms with Crippen molar-refractivity contribution in [3.63, 3.8) is 0 Å². The summed E-state index contributed by atoms with van der Waals surface area (Å²) in [6.45, 7) is 2.25. The van der Waals surface area contributed by atoms with Crippen molar-refractivity contribution >= 4 is 56.2 Å². The van der Waals surface area contributed by atoms with Gasteiger partial charge < -0.3 is 15.0 Å². The average Bonchev–Trinajstić information content (AvgIpc) is 2.68. The van der Waals surface area contributed by atoms with Crippen LogP contribution < -0.4 is 15.5 Å². The van der Waals surface area contributed by atoms with Gasteiger partial charge in [0.25, 0.3) is 11.6 Å². The summed E-state index contributed by atoms with van der Waals surface area (Å²) in [6.07, 6.45) is 0. The van der Waals surface area contributed by atoms with Crippen molar-refractivity contribution in [3.8, 4) is 0 Å². The van der Waals surface area contributed by atoms with Crippen LogP contribution in [-0.2, 0) is 4.74 Å². The molecule has 1 fully saturated rings. The Morgan fingerprint density at radius 1 is 1.21 bits per heavy atom. The molecule has 2 aromatic rings. The van der Waals surface area contributed by atoms with Crippen LogP contribution in [0.5, 0.6) is 0 Å². The lowest BCUT2D eigenvalue weighted by Crippen LogP contribution is -2.39. The Morgan fingerprint density at radius 2 is 1.96 bits per heavy atom. The maximum absolute atomic E-state index is 12.8. The number of nitro groups is 1.